The van der Waals surface area contributed by atoms with Gasteiger partial charge in [-0.05, 0) is 48.1 Å². The molecule has 172 valence electrons. The lowest BCUT2D eigenvalue weighted by atomic mass is 10.1. The molecule has 0 radical (unpaired) electrons. The molecule has 0 heterocycles. The predicted molar refractivity (Wildman–Crippen MR) is 128 cm³/mol. The van der Waals surface area contributed by atoms with Crippen LogP contribution in [0, 0.1) is 0 Å². The molecule has 2 aromatic carbocycles. The maximum atomic E-state index is 12.6. The number of carboxylic acids is 1. The van der Waals surface area contributed by atoms with Gasteiger partial charge in [-0.3, -0.25) is 4.79 Å². The molecule has 0 fully saturated rings. The summed E-state index contributed by atoms with van der Waals surface area (Å²) in [5, 5.41) is 17.2. The summed E-state index contributed by atoms with van der Waals surface area (Å²) in [6.07, 6.45) is -1.21. The van der Waals surface area contributed by atoms with Crippen molar-refractivity contribution in [2.24, 2.45) is 0 Å². The normalized spacial score (nSPS) is 11.8. The summed E-state index contributed by atoms with van der Waals surface area (Å²) >= 11 is 23.2. The van der Waals surface area contributed by atoms with Gasteiger partial charge in [0.25, 0.3) is 0 Å². The molecule has 0 aromatic heterocycles. The van der Waals surface area contributed by atoms with Crippen molar-refractivity contribution in [2.75, 3.05) is 19.5 Å². The molecule has 0 saturated heterocycles. The molecule has 32 heavy (non-hydrogen) atoms. The molecule has 0 spiro atoms. The fourth-order valence-electron chi connectivity index (χ4n) is 2.62. The van der Waals surface area contributed by atoms with Gasteiger partial charge < -0.3 is 30.5 Å². The highest BCUT2D eigenvalue weighted by Gasteiger charge is 2.34. The SMILES string of the molecule is COc1ccc(CC(=O)NC(NC(=S)Nc2cccc(C(=O)O)c2)C(Cl)(Cl)Cl)cc1OC. The van der Waals surface area contributed by atoms with Crippen LogP contribution in [0.1, 0.15) is 15.9 Å². The van der Waals surface area contributed by atoms with Crippen molar-refractivity contribution in [3.05, 3.63) is 53.6 Å². The third-order valence-electron chi connectivity index (χ3n) is 4.09. The Morgan fingerprint density at radius 1 is 1.06 bits per heavy atom. The molecule has 2 rings (SSSR count). The Morgan fingerprint density at radius 2 is 1.75 bits per heavy atom. The van der Waals surface area contributed by atoms with E-state index >= 15 is 0 Å². The Bertz CT molecular complexity index is 1000. The Labute approximate surface area is 205 Å². The zero-order chi connectivity index (χ0) is 23.9. The zero-order valence-electron chi connectivity index (χ0n) is 16.9. The van der Waals surface area contributed by atoms with E-state index in [2.05, 4.69) is 16.0 Å². The number of carboxylic acid groups (broad SMARTS) is 1. The van der Waals surface area contributed by atoms with Crippen molar-refractivity contribution >= 4 is 69.7 Å². The number of rotatable bonds is 8. The molecule has 1 unspecified atom stereocenters. The largest absolute Gasteiger partial charge is 0.493 e. The van der Waals surface area contributed by atoms with E-state index in [1.54, 1.807) is 30.3 Å². The lowest BCUT2D eigenvalue weighted by Gasteiger charge is -2.28. The minimum Gasteiger partial charge on any atom is -0.493 e. The van der Waals surface area contributed by atoms with Crippen molar-refractivity contribution in [2.45, 2.75) is 16.4 Å². The zero-order valence-corrected chi connectivity index (χ0v) is 20.0. The summed E-state index contributed by atoms with van der Waals surface area (Å²) in [5.74, 6) is -0.533. The minimum atomic E-state index is -1.94. The Balaban J connectivity index is 2.05. The number of ether oxygens (including phenoxy) is 2. The lowest BCUT2D eigenvalue weighted by molar-refractivity contribution is -0.121. The number of carbonyl (C=O) groups is 2. The summed E-state index contributed by atoms with van der Waals surface area (Å²) in [6.45, 7) is 0. The number of hydrogen-bond donors (Lipinski definition) is 4. The van der Waals surface area contributed by atoms with Gasteiger partial charge in [0.1, 0.15) is 6.17 Å². The van der Waals surface area contributed by atoms with Gasteiger partial charge in [-0.15, -0.1) is 0 Å². The molecule has 0 aliphatic carbocycles. The number of anilines is 1. The number of halogens is 3. The van der Waals surface area contributed by atoms with Crippen molar-refractivity contribution in [1.29, 1.82) is 0 Å². The molecule has 0 saturated carbocycles. The van der Waals surface area contributed by atoms with Gasteiger partial charge in [-0.25, -0.2) is 4.79 Å². The van der Waals surface area contributed by atoms with Crippen LogP contribution in [-0.2, 0) is 11.2 Å². The van der Waals surface area contributed by atoms with Gasteiger partial charge in [-0.1, -0.05) is 46.9 Å². The highest BCUT2D eigenvalue weighted by Crippen LogP contribution is 2.30. The van der Waals surface area contributed by atoms with E-state index in [0.29, 0.717) is 22.7 Å². The van der Waals surface area contributed by atoms with Crippen LogP contribution in [0.25, 0.3) is 0 Å². The quantitative estimate of drug-likeness (QED) is 0.237. The molecule has 0 aliphatic heterocycles. The first-order valence-electron chi connectivity index (χ1n) is 9.01. The van der Waals surface area contributed by atoms with Crippen molar-refractivity contribution in [3.63, 3.8) is 0 Å². The number of nitrogens with one attached hydrogen (secondary N) is 3. The standard InChI is InChI=1S/C20H20Cl3N3O5S/c1-30-14-7-6-11(8-15(14)31-2)9-16(27)25-18(20(21,22)23)26-19(32)24-13-5-3-4-12(10-13)17(28)29/h3-8,10,18H,9H2,1-2H3,(H,25,27)(H,28,29)(H2,24,26,32). The van der Waals surface area contributed by atoms with Crippen LogP contribution in [-0.4, -0.2) is 46.3 Å². The fourth-order valence-corrected chi connectivity index (χ4v) is 3.18. The molecule has 0 bridgehead atoms. The van der Waals surface area contributed by atoms with Gasteiger partial charge in [-0.2, -0.15) is 0 Å². The van der Waals surface area contributed by atoms with E-state index in [4.69, 9.17) is 61.6 Å². The number of carbonyl (C=O) groups excluding carboxylic acids is 1. The lowest BCUT2D eigenvalue weighted by Crippen LogP contribution is -2.56. The van der Waals surface area contributed by atoms with Gasteiger partial charge in [0.15, 0.2) is 16.6 Å². The first kappa shape index (κ1) is 25.8. The third-order valence-corrected chi connectivity index (χ3v) is 4.96. The molecule has 1 amide bonds. The second kappa shape index (κ2) is 11.4. The van der Waals surface area contributed by atoms with E-state index < -0.39 is 21.8 Å². The van der Waals surface area contributed by atoms with E-state index in [-0.39, 0.29) is 17.1 Å². The number of thiocarbonyl (C=S) groups is 1. The van der Waals surface area contributed by atoms with Gasteiger partial charge in [0.2, 0.25) is 9.70 Å². The molecule has 1 atom stereocenters. The van der Waals surface area contributed by atoms with Crippen LogP contribution < -0.4 is 25.4 Å². The van der Waals surface area contributed by atoms with Crippen LogP contribution >= 0.6 is 47.0 Å². The number of methoxy groups -OCH3 is 2. The summed E-state index contributed by atoms with van der Waals surface area (Å²) in [5.41, 5.74) is 1.12. The van der Waals surface area contributed by atoms with Gasteiger partial charge in [0.05, 0.1) is 26.2 Å². The minimum absolute atomic E-state index is 0.00952. The van der Waals surface area contributed by atoms with E-state index in [9.17, 15) is 9.59 Å². The average Bonchev–Trinajstić information content (AvgIpc) is 2.72. The molecule has 0 aliphatic rings. The summed E-state index contributed by atoms with van der Waals surface area (Å²) in [7, 11) is 3.00. The second-order valence-electron chi connectivity index (χ2n) is 6.39. The first-order chi connectivity index (χ1) is 15.0. The first-order valence-corrected chi connectivity index (χ1v) is 10.6. The van der Waals surface area contributed by atoms with Crippen molar-refractivity contribution in [3.8, 4) is 11.5 Å². The Hall–Kier alpha value is -2.46. The number of benzene rings is 2. The summed E-state index contributed by atoms with van der Waals surface area (Å²) < 4.78 is 8.47. The molecular weight excluding hydrogens is 501 g/mol. The summed E-state index contributed by atoms with van der Waals surface area (Å²) in [4.78, 5) is 23.7. The number of alkyl halides is 3. The van der Waals surface area contributed by atoms with Gasteiger partial charge >= 0.3 is 5.97 Å². The van der Waals surface area contributed by atoms with Crippen molar-refractivity contribution < 1.29 is 24.2 Å². The fraction of sp³-hybridized carbons (Fsp3) is 0.250. The van der Waals surface area contributed by atoms with Crippen LogP contribution in [0.4, 0.5) is 5.69 Å². The molecule has 8 nitrogen and oxygen atoms in total. The van der Waals surface area contributed by atoms with Crippen molar-refractivity contribution in [1.82, 2.24) is 10.6 Å². The van der Waals surface area contributed by atoms with Crippen LogP contribution in [0.15, 0.2) is 42.5 Å². The third kappa shape index (κ3) is 7.59. The number of hydrogen-bond acceptors (Lipinski definition) is 5. The second-order valence-corrected chi connectivity index (χ2v) is 9.17. The Kier molecular flexibility index (Phi) is 9.21. The maximum absolute atomic E-state index is 12.6. The van der Waals surface area contributed by atoms with E-state index in [1.807, 2.05) is 0 Å². The smallest absolute Gasteiger partial charge is 0.335 e. The van der Waals surface area contributed by atoms with Gasteiger partial charge in [0, 0.05) is 5.69 Å². The van der Waals surface area contributed by atoms with E-state index in [1.165, 1.54) is 26.4 Å². The predicted octanol–water partition coefficient (Wildman–Crippen LogP) is 3.74. The number of amides is 1. The van der Waals surface area contributed by atoms with E-state index in [0.717, 1.165) is 0 Å². The summed E-state index contributed by atoms with van der Waals surface area (Å²) in [6, 6.07) is 11.0. The monoisotopic (exact) mass is 519 g/mol. The number of aromatic carboxylic acids is 1. The molecular formula is C20H20Cl3N3O5S. The van der Waals surface area contributed by atoms with Crippen LogP contribution in [0.5, 0.6) is 11.5 Å². The molecule has 2 aromatic rings. The Morgan fingerprint density at radius 3 is 2.34 bits per heavy atom. The topological polar surface area (TPSA) is 109 Å². The average molecular weight is 521 g/mol. The highest BCUT2D eigenvalue weighted by atomic mass is 35.6. The van der Waals surface area contributed by atoms with Crippen LogP contribution in [0.3, 0.4) is 0 Å². The maximum Gasteiger partial charge on any atom is 0.335 e. The highest BCUT2D eigenvalue weighted by molar-refractivity contribution is 7.80. The molecule has 12 heteroatoms. The van der Waals surface area contributed by atoms with Crippen LogP contribution in [0.2, 0.25) is 0 Å². The molecule has 4 N–H and O–H groups in total.